The Hall–Kier alpha value is -1.67. The Bertz CT molecular complexity index is 1150. The molecule has 39 heavy (non-hydrogen) atoms. The van der Waals surface area contributed by atoms with E-state index in [-0.39, 0.29) is 38.4 Å². The van der Waals surface area contributed by atoms with E-state index in [9.17, 15) is 14.2 Å². The van der Waals surface area contributed by atoms with Gasteiger partial charge in [0, 0.05) is 31.0 Å². The lowest BCUT2D eigenvalue weighted by atomic mass is 10.1. The number of rotatable bonds is 15. The van der Waals surface area contributed by atoms with Crippen molar-refractivity contribution in [3.63, 3.8) is 0 Å². The molecule has 1 aliphatic rings. The van der Waals surface area contributed by atoms with Gasteiger partial charge in [0.15, 0.2) is 6.23 Å². The summed E-state index contributed by atoms with van der Waals surface area (Å²) in [4.78, 5) is 30.6. The minimum atomic E-state index is -2.57. The van der Waals surface area contributed by atoms with Crippen LogP contribution in [0.2, 0.25) is 0 Å². The van der Waals surface area contributed by atoms with Gasteiger partial charge in [0.05, 0.1) is 13.2 Å². The second kappa shape index (κ2) is 15.4. The third-order valence-electron chi connectivity index (χ3n) is 5.74. The van der Waals surface area contributed by atoms with Crippen LogP contribution in [0.15, 0.2) is 27.7 Å². The maximum atomic E-state index is 12.9. The van der Waals surface area contributed by atoms with Crippen LogP contribution in [0.5, 0.6) is 0 Å². The van der Waals surface area contributed by atoms with Gasteiger partial charge in [-0.2, -0.15) is 0 Å². The topological polar surface area (TPSA) is 126 Å². The minimum Gasteiger partial charge on any atom is -0.382 e. The van der Waals surface area contributed by atoms with Crippen LogP contribution in [-0.4, -0.2) is 91.4 Å². The lowest BCUT2D eigenvalue weighted by Gasteiger charge is -2.38. The fourth-order valence-corrected chi connectivity index (χ4v) is 6.40. The van der Waals surface area contributed by atoms with Crippen molar-refractivity contribution in [1.82, 2.24) is 14.2 Å². The summed E-state index contributed by atoms with van der Waals surface area (Å²) in [6, 6.07) is 0.111. The van der Waals surface area contributed by atoms with Gasteiger partial charge >= 0.3 is 5.69 Å². The third kappa shape index (κ3) is 9.73. The molecule has 0 bridgehead atoms. The molecule has 14 heteroatoms. The van der Waals surface area contributed by atoms with E-state index in [0.717, 1.165) is 0 Å². The van der Waals surface area contributed by atoms with E-state index in [2.05, 4.69) is 14.5 Å². The number of hydrogen-bond acceptors (Lipinski definition) is 9. The number of methoxy groups -OCH3 is 1. The number of H-pyrrole nitrogens is 1. The Morgan fingerprint density at radius 3 is 2.44 bits per heavy atom. The van der Waals surface area contributed by atoms with Gasteiger partial charge in [-0.25, -0.2) is 16.0 Å². The first-order valence-electron chi connectivity index (χ1n) is 12.8. The zero-order valence-corrected chi connectivity index (χ0v) is 25.8. The highest BCUT2D eigenvalue weighted by Crippen LogP contribution is 2.51. The molecule has 0 saturated carbocycles. The van der Waals surface area contributed by atoms with Gasteiger partial charge in [-0.3, -0.25) is 14.3 Å². The Balaban J connectivity index is 2.62. The van der Waals surface area contributed by atoms with E-state index >= 15 is 0 Å². The van der Waals surface area contributed by atoms with Crippen LogP contribution >= 0.6 is 15.7 Å². The van der Waals surface area contributed by atoms with E-state index in [1.165, 1.54) is 10.8 Å². The summed E-state index contributed by atoms with van der Waals surface area (Å²) >= 11 is 0. The van der Waals surface area contributed by atoms with Gasteiger partial charge in [0.25, 0.3) is 14.1 Å². The largest absolute Gasteiger partial charge is 0.382 e. The van der Waals surface area contributed by atoms with E-state index in [0.29, 0.717) is 5.56 Å². The first-order chi connectivity index (χ1) is 18.3. The molecule has 1 saturated heterocycles. The second-order valence-corrected chi connectivity index (χ2v) is 14.7. The first kappa shape index (κ1) is 33.5. The number of aromatic nitrogens is 2. The Labute approximate surface area is 231 Å². The molecule has 0 spiro atoms. The van der Waals surface area contributed by atoms with Gasteiger partial charge in [-0.1, -0.05) is 0 Å². The number of hydrogen-bond donors (Lipinski definition) is 1. The molecule has 1 aromatic rings. The average Bonchev–Trinajstić information content (AvgIpc) is 3.16. The molecule has 1 unspecified atom stereocenters. The van der Waals surface area contributed by atoms with Gasteiger partial charge in [-0.05, 0) is 59.8 Å². The van der Waals surface area contributed by atoms with Crippen molar-refractivity contribution >= 4 is 15.7 Å². The Morgan fingerprint density at radius 1 is 1.21 bits per heavy atom. The summed E-state index contributed by atoms with van der Waals surface area (Å²) in [6.45, 7) is 20.9. The predicted octanol–water partition coefficient (Wildman–Crippen LogP) is 3.58. The Morgan fingerprint density at radius 2 is 1.87 bits per heavy atom. The SMILES string of the molecule is [C-]#[N+]CCOP(O[C@H]1[C@@H](OCCOC)[C@H](n2cc(C)c(=O)[nH]c2=O)O[C@@H]1/C=C\P(C)(C)=O)N(C(C)C)C(C)C. The van der Waals surface area contributed by atoms with E-state index in [1.54, 1.807) is 39.3 Å². The summed E-state index contributed by atoms with van der Waals surface area (Å²) in [5, 5.41) is 0. The zero-order chi connectivity index (χ0) is 29.3. The van der Waals surface area contributed by atoms with Crippen molar-refractivity contribution < 1.29 is 27.8 Å². The van der Waals surface area contributed by atoms with Crippen LogP contribution in [-0.2, 0) is 27.8 Å². The van der Waals surface area contributed by atoms with Crippen LogP contribution in [0.25, 0.3) is 4.85 Å². The summed E-state index contributed by atoms with van der Waals surface area (Å²) in [5.74, 6) is 1.59. The molecule has 0 radical (unpaired) electrons. The fraction of sp³-hybridized carbons (Fsp3) is 0.720. The molecule has 1 aromatic heterocycles. The van der Waals surface area contributed by atoms with Gasteiger partial charge in [-0.15, -0.1) is 0 Å². The molecule has 0 amide bonds. The summed E-state index contributed by atoms with van der Waals surface area (Å²) in [6.07, 6.45) is -0.233. The third-order valence-corrected chi connectivity index (χ3v) is 8.76. The smallest absolute Gasteiger partial charge is 0.330 e. The van der Waals surface area contributed by atoms with E-state index < -0.39 is 51.5 Å². The average molecular weight is 589 g/mol. The lowest BCUT2D eigenvalue weighted by molar-refractivity contribution is -0.0767. The number of nitrogens with zero attached hydrogens (tertiary/aromatic N) is 3. The molecule has 220 valence electrons. The van der Waals surface area contributed by atoms with Crippen LogP contribution in [0.3, 0.4) is 0 Å². The van der Waals surface area contributed by atoms with Crippen molar-refractivity contribution in [2.45, 2.75) is 71.2 Å². The molecule has 12 nitrogen and oxygen atoms in total. The standard InChI is InChI=1S/C25H42N4O8P2/c1-17(2)29(18(3)4)38(35-12-11-26-6)37-21-20(10-15-39(8,9)32)36-24(22(21)34-14-13-33-7)28-16-19(5)23(30)27-25(28)31/h10,15-18,20-22,24H,11-14H2,1-5,7-9H3,(H,27,30,31)/b15-10-/t20-,21-,22-,24-,38?/m1/s1. The summed E-state index contributed by atoms with van der Waals surface area (Å²) < 4.78 is 46.4. The number of aromatic amines is 1. The predicted molar refractivity (Wildman–Crippen MR) is 152 cm³/mol. The summed E-state index contributed by atoms with van der Waals surface area (Å²) in [7, 11) is -2.72. The molecule has 1 fully saturated rings. The van der Waals surface area contributed by atoms with Crippen LogP contribution < -0.4 is 11.2 Å². The van der Waals surface area contributed by atoms with E-state index in [1.807, 2.05) is 27.7 Å². The van der Waals surface area contributed by atoms with Gasteiger partial charge in [0.2, 0.25) is 6.54 Å². The van der Waals surface area contributed by atoms with Gasteiger partial charge in [0.1, 0.15) is 32.1 Å². The second-order valence-electron chi connectivity index (χ2n) is 10.2. The highest BCUT2D eigenvalue weighted by molar-refractivity contribution is 7.65. The molecule has 1 N–H and O–H groups in total. The van der Waals surface area contributed by atoms with Crippen molar-refractivity contribution in [2.75, 3.05) is 46.8 Å². The molecule has 2 heterocycles. The molecule has 1 aliphatic heterocycles. The van der Waals surface area contributed by atoms with Crippen LogP contribution in [0.4, 0.5) is 0 Å². The maximum Gasteiger partial charge on any atom is 0.330 e. The van der Waals surface area contributed by atoms with Gasteiger partial charge < -0.3 is 32.7 Å². The molecule has 0 aromatic carbocycles. The highest BCUT2D eigenvalue weighted by atomic mass is 31.2. The van der Waals surface area contributed by atoms with Crippen molar-refractivity contribution in [2.24, 2.45) is 0 Å². The van der Waals surface area contributed by atoms with Crippen molar-refractivity contribution in [1.29, 1.82) is 0 Å². The lowest BCUT2D eigenvalue weighted by Crippen LogP contribution is -2.42. The van der Waals surface area contributed by atoms with Crippen molar-refractivity contribution in [3.05, 3.63) is 55.9 Å². The number of ether oxygens (including phenoxy) is 3. The molecule has 5 atom stereocenters. The van der Waals surface area contributed by atoms with Crippen LogP contribution in [0, 0.1) is 13.5 Å². The minimum absolute atomic E-state index is 0.0555. The number of aryl methyl sites for hydroxylation is 1. The van der Waals surface area contributed by atoms with Crippen molar-refractivity contribution in [3.8, 4) is 0 Å². The van der Waals surface area contributed by atoms with Crippen LogP contribution in [0.1, 0.15) is 39.5 Å². The first-order valence-corrected chi connectivity index (χ1v) is 16.6. The molecular weight excluding hydrogens is 546 g/mol. The summed E-state index contributed by atoms with van der Waals surface area (Å²) in [5.41, 5.74) is -0.820. The Kier molecular flexibility index (Phi) is 13.2. The highest BCUT2D eigenvalue weighted by Gasteiger charge is 2.49. The van der Waals surface area contributed by atoms with E-state index in [4.69, 9.17) is 29.8 Å². The normalized spacial score (nSPS) is 22.8. The molecular formula is C25H42N4O8P2. The molecule has 0 aliphatic carbocycles. The molecule has 2 rings (SSSR count). The zero-order valence-electron chi connectivity index (χ0n) is 24.0. The fourth-order valence-electron chi connectivity index (χ4n) is 4.07. The monoisotopic (exact) mass is 588 g/mol. The quantitative estimate of drug-likeness (QED) is 0.186. The number of nitrogens with one attached hydrogen (secondary N) is 1. The maximum absolute atomic E-state index is 12.9.